The van der Waals surface area contributed by atoms with E-state index in [0.717, 1.165) is 24.1 Å². The van der Waals surface area contributed by atoms with E-state index < -0.39 is 23.4 Å². The lowest BCUT2D eigenvalue weighted by atomic mass is 10.0. The second-order valence-corrected chi connectivity index (χ2v) is 7.04. The van der Waals surface area contributed by atoms with Crippen LogP contribution in [0.2, 0.25) is 0 Å². The fraction of sp³-hybridized carbons (Fsp3) is 0.333. The normalized spacial score (nSPS) is 10.0. The summed E-state index contributed by atoms with van der Waals surface area (Å²) in [5.41, 5.74) is 12.5. The smallest absolute Gasteiger partial charge is 0.398 e. The highest BCUT2D eigenvalue weighted by Gasteiger charge is 2.31. The van der Waals surface area contributed by atoms with Crippen LogP contribution in [0.3, 0.4) is 0 Å². The highest BCUT2D eigenvalue weighted by molar-refractivity contribution is 5.57. The van der Waals surface area contributed by atoms with Gasteiger partial charge in [-0.05, 0) is 55.3 Å². The number of hydrogen-bond donors (Lipinski definition) is 3. The summed E-state index contributed by atoms with van der Waals surface area (Å²) >= 11 is 0. The third kappa shape index (κ3) is 10.8. The Labute approximate surface area is 205 Å². The highest BCUT2D eigenvalue weighted by Crippen LogP contribution is 2.31. The van der Waals surface area contributed by atoms with Crippen LogP contribution in [-0.2, 0) is 12.6 Å². The summed E-state index contributed by atoms with van der Waals surface area (Å²) in [7, 11) is 1.50. The SMILES string of the molecule is CC.CCCNc1c(F)cc(F)cc1Cc1ccccc1N.CN.Cc1ccccc1C(F)(F)F. The van der Waals surface area contributed by atoms with Crippen LogP contribution in [0.5, 0.6) is 0 Å². The average molecular weight is 498 g/mol. The van der Waals surface area contributed by atoms with Gasteiger partial charge in [0.15, 0.2) is 0 Å². The molecule has 0 bridgehead atoms. The van der Waals surface area contributed by atoms with Gasteiger partial charge in [-0.1, -0.05) is 57.2 Å². The number of nitrogens with two attached hydrogens (primary N) is 2. The van der Waals surface area contributed by atoms with Gasteiger partial charge in [-0.15, -0.1) is 0 Å². The molecule has 8 heteroatoms. The van der Waals surface area contributed by atoms with E-state index in [9.17, 15) is 22.0 Å². The van der Waals surface area contributed by atoms with Gasteiger partial charge in [0.05, 0.1) is 11.3 Å². The van der Waals surface area contributed by atoms with Crippen LogP contribution in [0.1, 0.15) is 49.4 Å². The number of hydrogen-bond acceptors (Lipinski definition) is 3. The summed E-state index contributed by atoms with van der Waals surface area (Å²) in [4.78, 5) is 0. The standard InChI is InChI=1S/C16H18F2N2.C8H7F3.C2H6.CH5N/c1-2-7-20-16-12(9-13(17)10-14(16)18)8-11-5-3-4-6-15(11)19;1-6-4-2-3-5-7(6)8(9,10)11;2*1-2/h3-6,9-10,20H,2,7-8,19H2,1H3;2-5H,1H3;1-2H3;2H2,1H3. The number of benzene rings is 3. The predicted octanol–water partition coefficient (Wildman–Crippen LogP) is 7.57. The zero-order chi connectivity index (χ0) is 27.0. The molecule has 0 heterocycles. The van der Waals surface area contributed by atoms with Gasteiger partial charge in [0.1, 0.15) is 11.6 Å². The molecule has 35 heavy (non-hydrogen) atoms. The van der Waals surface area contributed by atoms with E-state index in [-0.39, 0.29) is 5.56 Å². The number of nitrogens with one attached hydrogen (secondary N) is 1. The van der Waals surface area contributed by atoms with E-state index in [2.05, 4.69) is 11.1 Å². The van der Waals surface area contributed by atoms with E-state index in [1.165, 1.54) is 32.2 Å². The summed E-state index contributed by atoms with van der Waals surface area (Å²) in [5.74, 6) is -1.14. The Kier molecular flexibility index (Phi) is 15.0. The molecule has 3 rings (SSSR count). The Morgan fingerprint density at radius 3 is 1.94 bits per heavy atom. The molecule has 194 valence electrons. The molecular weight excluding hydrogens is 461 g/mol. The van der Waals surface area contributed by atoms with E-state index in [0.29, 0.717) is 29.9 Å². The molecule has 0 fully saturated rings. The van der Waals surface area contributed by atoms with Gasteiger partial charge in [-0.2, -0.15) is 13.2 Å². The van der Waals surface area contributed by atoms with Gasteiger partial charge in [-0.3, -0.25) is 0 Å². The molecule has 3 nitrogen and oxygen atoms in total. The van der Waals surface area contributed by atoms with Crippen molar-refractivity contribution in [1.29, 1.82) is 0 Å². The summed E-state index contributed by atoms with van der Waals surface area (Å²) in [6.07, 6.45) is -2.96. The Morgan fingerprint density at radius 1 is 0.857 bits per heavy atom. The highest BCUT2D eigenvalue weighted by atomic mass is 19.4. The maximum Gasteiger partial charge on any atom is 0.416 e. The second kappa shape index (κ2) is 16.5. The van der Waals surface area contributed by atoms with Gasteiger partial charge >= 0.3 is 6.18 Å². The number of halogens is 5. The first-order chi connectivity index (χ1) is 16.6. The van der Waals surface area contributed by atoms with E-state index in [1.807, 2.05) is 39.0 Å². The van der Waals surface area contributed by atoms with Crippen molar-refractivity contribution in [3.05, 3.63) is 94.6 Å². The topological polar surface area (TPSA) is 64.1 Å². The van der Waals surface area contributed by atoms with Crippen molar-refractivity contribution in [3.8, 4) is 0 Å². The van der Waals surface area contributed by atoms with Gasteiger partial charge in [0, 0.05) is 24.7 Å². The molecule has 0 saturated heterocycles. The second-order valence-electron chi connectivity index (χ2n) is 7.04. The maximum absolute atomic E-state index is 13.9. The third-order valence-electron chi connectivity index (χ3n) is 4.57. The van der Waals surface area contributed by atoms with Gasteiger partial charge in [0.2, 0.25) is 0 Å². The summed E-state index contributed by atoms with van der Waals surface area (Å²) in [5, 5.41) is 3.02. The van der Waals surface area contributed by atoms with Gasteiger partial charge in [0.25, 0.3) is 0 Å². The Bertz CT molecular complexity index is 1000. The van der Waals surface area contributed by atoms with E-state index in [1.54, 1.807) is 12.1 Å². The van der Waals surface area contributed by atoms with Crippen molar-refractivity contribution in [3.63, 3.8) is 0 Å². The van der Waals surface area contributed by atoms with E-state index >= 15 is 0 Å². The molecular formula is C27H36F5N3. The van der Waals surface area contributed by atoms with Crippen molar-refractivity contribution >= 4 is 11.4 Å². The molecule has 0 unspecified atom stereocenters. The van der Waals surface area contributed by atoms with Crippen LogP contribution in [0, 0.1) is 18.6 Å². The molecule has 3 aromatic rings. The first kappa shape index (κ1) is 31.9. The van der Waals surface area contributed by atoms with Gasteiger partial charge < -0.3 is 16.8 Å². The first-order valence-electron chi connectivity index (χ1n) is 11.4. The number of nitrogen functional groups attached to an aromatic ring is 1. The van der Waals surface area contributed by atoms with Crippen LogP contribution in [0.4, 0.5) is 33.3 Å². The molecule has 0 radical (unpaired) electrons. The monoisotopic (exact) mass is 497 g/mol. The zero-order valence-electron chi connectivity index (χ0n) is 20.9. The van der Waals surface area contributed by atoms with E-state index in [4.69, 9.17) is 5.73 Å². The molecule has 0 aromatic heterocycles. The summed E-state index contributed by atoms with van der Waals surface area (Å²) < 4.78 is 63.5. The number of aryl methyl sites for hydroxylation is 1. The van der Waals surface area contributed by atoms with Crippen LogP contribution < -0.4 is 16.8 Å². The van der Waals surface area contributed by atoms with Crippen molar-refractivity contribution < 1.29 is 22.0 Å². The van der Waals surface area contributed by atoms with Crippen molar-refractivity contribution in [2.75, 3.05) is 24.6 Å². The van der Waals surface area contributed by atoms with Crippen LogP contribution in [0.15, 0.2) is 60.7 Å². The minimum Gasteiger partial charge on any atom is -0.398 e. The number of alkyl halides is 3. The largest absolute Gasteiger partial charge is 0.416 e. The van der Waals surface area contributed by atoms with Crippen molar-refractivity contribution in [2.45, 2.75) is 46.7 Å². The molecule has 0 aliphatic carbocycles. The molecule has 0 aliphatic heterocycles. The Hall–Kier alpha value is -3.13. The first-order valence-corrected chi connectivity index (χ1v) is 11.4. The molecule has 3 aromatic carbocycles. The fourth-order valence-corrected chi connectivity index (χ4v) is 3.01. The lowest BCUT2D eigenvalue weighted by Crippen LogP contribution is -2.07. The Morgan fingerprint density at radius 2 is 1.43 bits per heavy atom. The lowest BCUT2D eigenvalue weighted by molar-refractivity contribution is -0.138. The van der Waals surface area contributed by atoms with Crippen LogP contribution in [0.25, 0.3) is 0 Å². The number of rotatable bonds is 5. The summed E-state index contributed by atoms with van der Waals surface area (Å²) in [6.45, 7) is 8.08. The van der Waals surface area contributed by atoms with Crippen molar-refractivity contribution in [2.24, 2.45) is 5.73 Å². The summed E-state index contributed by atoms with van der Waals surface area (Å²) in [6, 6.07) is 15.1. The average Bonchev–Trinajstić information content (AvgIpc) is 2.82. The fourth-order valence-electron chi connectivity index (χ4n) is 3.01. The maximum atomic E-state index is 13.9. The Balaban J connectivity index is 0.000000652. The molecule has 0 aliphatic rings. The molecule has 0 spiro atoms. The quantitative estimate of drug-likeness (QED) is 0.252. The molecule has 0 amide bonds. The molecule has 5 N–H and O–H groups in total. The number of para-hydroxylation sites is 1. The predicted molar refractivity (Wildman–Crippen MR) is 136 cm³/mol. The molecule has 0 saturated carbocycles. The van der Waals surface area contributed by atoms with Gasteiger partial charge in [-0.25, -0.2) is 8.78 Å². The minimum absolute atomic E-state index is 0.264. The minimum atomic E-state index is -4.22. The number of anilines is 2. The third-order valence-corrected chi connectivity index (χ3v) is 4.57. The molecule has 0 atom stereocenters. The van der Waals surface area contributed by atoms with Crippen molar-refractivity contribution in [1.82, 2.24) is 0 Å². The zero-order valence-corrected chi connectivity index (χ0v) is 20.9. The van der Waals surface area contributed by atoms with Crippen LogP contribution >= 0.6 is 0 Å². The lowest BCUT2D eigenvalue weighted by Gasteiger charge is -2.14. The van der Waals surface area contributed by atoms with Crippen LogP contribution in [-0.4, -0.2) is 13.6 Å².